The van der Waals surface area contributed by atoms with Gasteiger partial charge in [0.05, 0.1) is 0 Å². The zero-order valence-electron chi connectivity index (χ0n) is 12.8. The molecule has 0 fully saturated rings. The van der Waals surface area contributed by atoms with Gasteiger partial charge in [0.15, 0.2) is 0 Å². The summed E-state index contributed by atoms with van der Waals surface area (Å²) < 4.78 is 5.46. The van der Waals surface area contributed by atoms with Crippen molar-refractivity contribution in [3.05, 3.63) is 28.8 Å². The third-order valence-corrected chi connectivity index (χ3v) is 3.66. The molecule has 0 aliphatic carbocycles. The summed E-state index contributed by atoms with van der Waals surface area (Å²) >= 11 is 5.63. The zero-order chi connectivity index (χ0) is 15.0. The standard InChI is InChI=1S/C15H24ClO2P/c1-10-8-11(14(2,3)4)9-12(15(5,6)7)13(10)18-19(16)17/h8-9,17H,1-7H3. The van der Waals surface area contributed by atoms with Crippen molar-refractivity contribution in [3.63, 3.8) is 0 Å². The molecule has 0 heterocycles. The lowest BCUT2D eigenvalue weighted by molar-refractivity contribution is 0.479. The van der Waals surface area contributed by atoms with Crippen LogP contribution >= 0.6 is 19.0 Å². The van der Waals surface area contributed by atoms with Crippen LogP contribution in [0.15, 0.2) is 12.1 Å². The first-order valence-electron chi connectivity index (χ1n) is 6.41. The number of halogens is 1. The van der Waals surface area contributed by atoms with Crippen LogP contribution in [0.3, 0.4) is 0 Å². The van der Waals surface area contributed by atoms with Crippen LogP contribution in [0.25, 0.3) is 0 Å². The molecule has 0 saturated heterocycles. The lowest BCUT2D eigenvalue weighted by Gasteiger charge is -2.28. The van der Waals surface area contributed by atoms with Gasteiger partial charge in [-0.2, -0.15) is 0 Å². The van der Waals surface area contributed by atoms with E-state index in [-0.39, 0.29) is 10.8 Å². The van der Waals surface area contributed by atoms with Crippen molar-refractivity contribution in [1.82, 2.24) is 0 Å². The molecule has 2 nitrogen and oxygen atoms in total. The van der Waals surface area contributed by atoms with Crippen LogP contribution in [0.2, 0.25) is 0 Å². The van der Waals surface area contributed by atoms with Gasteiger partial charge in [0, 0.05) is 5.56 Å². The highest BCUT2D eigenvalue weighted by molar-refractivity contribution is 7.75. The van der Waals surface area contributed by atoms with Gasteiger partial charge in [-0.1, -0.05) is 53.7 Å². The summed E-state index contributed by atoms with van der Waals surface area (Å²) in [5.41, 5.74) is 3.37. The highest BCUT2D eigenvalue weighted by Gasteiger charge is 2.25. The van der Waals surface area contributed by atoms with Gasteiger partial charge in [-0.05, 0) is 40.1 Å². The molecule has 1 aromatic rings. The van der Waals surface area contributed by atoms with E-state index in [0.717, 1.165) is 11.1 Å². The maximum atomic E-state index is 9.36. The van der Waals surface area contributed by atoms with Crippen molar-refractivity contribution in [2.24, 2.45) is 0 Å². The SMILES string of the molecule is Cc1cc(C(C)(C)C)cc(C(C)(C)C)c1OP(O)Cl. The lowest BCUT2D eigenvalue weighted by atomic mass is 9.79. The normalized spacial score (nSPS) is 14.4. The summed E-state index contributed by atoms with van der Waals surface area (Å²) in [6.45, 7) is 15.0. The number of aryl methyl sites for hydroxylation is 1. The number of benzene rings is 1. The predicted molar refractivity (Wildman–Crippen MR) is 84.2 cm³/mol. The number of rotatable bonds is 2. The Balaban J connectivity index is 3.48. The molecule has 0 bridgehead atoms. The van der Waals surface area contributed by atoms with Crippen LogP contribution in [0.5, 0.6) is 5.75 Å². The maximum Gasteiger partial charge on any atom is 0.335 e. The van der Waals surface area contributed by atoms with E-state index in [0.29, 0.717) is 5.75 Å². The van der Waals surface area contributed by atoms with Crippen molar-refractivity contribution in [3.8, 4) is 5.75 Å². The number of hydrogen-bond acceptors (Lipinski definition) is 2. The Hall–Kier alpha value is -0.300. The first-order valence-corrected chi connectivity index (χ1v) is 8.53. The van der Waals surface area contributed by atoms with Gasteiger partial charge in [-0.25, -0.2) is 0 Å². The molecule has 0 aliphatic rings. The monoisotopic (exact) mass is 302 g/mol. The van der Waals surface area contributed by atoms with Crippen LogP contribution in [0.1, 0.15) is 58.2 Å². The Morgan fingerprint density at radius 3 is 1.95 bits per heavy atom. The van der Waals surface area contributed by atoms with Gasteiger partial charge in [0.2, 0.25) is 0 Å². The Kier molecular flexibility index (Phi) is 4.93. The average molecular weight is 303 g/mol. The minimum absolute atomic E-state index is 0.0659. The Bertz CT molecular complexity index is 456. The maximum absolute atomic E-state index is 9.36. The third kappa shape index (κ3) is 4.34. The molecule has 1 N–H and O–H groups in total. The van der Waals surface area contributed by atoms with Crippen molar-refractivity contribution in [1.29, 1.82) is 0 Å². The Labute approximate surface area is 122 Å². The molecule has 0 aliphatic heterocycles. The summed E-state index contributed by atoms with van der Waals surface area (Å²) in [5.74, 6) is 0.712. The molecule has 0 amide bonds. The van der Waals surface area contributed by atoms with Gasteiger partial charge in [0.25, 0.3) is 0 Å². The van der Waals surface area contributed by atoms with E-state index in [1.54, 1.807) is 0 Å². The molecule has 0 aromatic heterocycles. The minimum Gasteiger partial charge on any atom is -0.436 e. The fourth-order valence-electron chi connectivity index (χ4n) is 1.96. The highest BCUT2D eigenvalue weighted by atomic mass is 35.7. The van der Waals surface area contributed by atoms with Crippen LogP contribution in [0, 0.1) is 6.92 Å². The molecule has 1 rings (SSSR count). The summed E-state index contributed by atoms with van der Waals surface area (Å²) in [5, 5.41) is 0. The zero-order valence-corrected chi connectivity index (χ0v) is 14.5. The van der Waals surface area contributed by atoms with Crippen molar-refractivity contribution < 1.29 is 9.42 Å². The van der Waals surface area contributed by atoms with E-state index < -0.39 is 7.73 Å². The quantitative estimate of drug-likeness (QED) is 0.738. The minimum atomic E-state index is -1.92. The molecule has 1 atom stereocenters. The third-order valence-electron chi connectivity index (χ3n) is 3.12. The van der Waals surface area contributed by atoms with Crippen LogP contribution in [-0.2, 0) is 10.8 Å². The summed E-state index contributed by atoms with van der Waals surface area (Å²) in [6.07, 6.45) is 0. The molecule has 108 valence electrons. The van der Waals surface area contributed by atoms with E-state index >= 15 is 0 Å². The van der Waals surface area contributed by atoms with Gasteiger partial charge in [-0.3, -0.25) is 0 Å². The summed E-state index contributed by atoms with van der Waals surface area (Å²) in [4.78, 5) is 9.36. The molecular formula is C15H24ClO2P. The fraction of sp³-hybridized carbons (Fsp3) is 0.600. The van der Waals surface area contributed by atoms with Crippen molar-refractivity contribution in [2.45, 2.75) is 59.3 Å². The van der Waals surface area contributed by atoms with Crippen molar-refractivity contribution in [2.75, 3.05) is 0 Å². The number of hydrogen-bond donors (Lipinski definition) is 1. The second kappa shape index (κ2) is 5.60. The molecule has 1 unspecified atom stereocenters. The summed E-state index contributed by atoms with van der Waals surface area (Å²) in [6, 6.07) is 4.28. The van der Waals surface area contributed by atoms with Crippen LogP contribution < -0.4 is 4.52 Å². The highest BCUT2D eigenvalue weighted by Crippen LogP contribution is 2.45. The van der Waals surface area contributed by atoms with Crippen molar-refractivity contribution >= 4 is 19.0 Å². The molecule has 4 heteroatoms. The van der Waals surface area contributed by atoms with Gasteiger partial charge < -0.3 is 9.42 Å². The van der Waals surface area contributed by atoms with E-state index in [2.05, 4.69) is 53.7 Å². The van der Waals surface area contributed by atoms with E-state index in [9.17, 15) is 4.89 Å². The Morgan fingerprint density at radius 2 is 1.58 bits per heavy atom. The van der Waals surface area contributed by atoms with Gasteiger partial charge >= 0.3 is 7.73 Å². The molecule has 0 radical (unpaired) electrons. The fourth-order valence-corrected chi connectivity index (χ4v) is 2.56. The molecular weight excluding hydrogens is 279 g/mol. The lowest BCUT2D eigenvalue weighted by Crippen LogP contribution is -2.18. The second-order valence-corrected chi connectivity index (χ2v) is 8.49. The van der Waals surface area contributed by atoms with E-state index in [1.165, 1.54) is 5.56 Å². The topological polar surface area (TPSA) is 29.5 Å². The molecule has 0 spiro atoms. The first-order chi connectivity index (χ1) is 8.43. The van der Waals surface area contributed by atoms with E-state index in [4.69, 9.17) is 15.8 Å². The van der Waals surface area contributed by atoms with Crippen LogP contribution in [-0.4, -0.2) is 4.89 Å². The molecule has 1 aromatic carbocycles. The van der Waals surface area contributed by atoms with Gasteiger partial charge in [-0.15, -0.1) is 0 Å². The average Bonchev–Trinajstić information content (AvgIpc) is 2.16. The largest absolute Gasteiger partial charge is 0.436 e. The first kappa shape index (κ1) is 16.8. The Morgan fingerprint density at radius 1 is 1.05 bits per heavy atom. The van der Waals surface area contributed by atoms with Gasteiger partial charge in [0.1, 0.15) is 5.75 Å². The summed E-state index contributed by atoms with van der Waals surface area (Å²) in [7, 11) is -1.92. The molecule has 0 saturated carbocycles. The van der Waals surface area contributed by atoms with E-state index in [1.807, 2.05) is 6.92 Å². The smallest absolute Gasteiger partial charge is 0.335 e. The molecule has 19 heavy (non-hydrogen) atoms. The predicted octanol–water partition coefficient (Wildman–Crippen LogP) is 5.43. The van der Waals surface area contributed by atoms with Crippen LogP contribution in [0.4, 0.5) is 0 Å². The second-order valence-electron chi connectivity index (χ2n) is 6.99.